The van der Waals surface area contributed by atoms with Crippen LogP contribution >= 0.6 is 0 Å². The van der Waals surface area contributed by atoms with Gasteiger partial charge in [-0.15, -0.1) is 5.10 Å². The highest BCUT2D eigenvalue weighted by Gasteiger charge is 2.22. The number of nitrogens with zero attached hydrogens (tertiary/aromatic N) is 4. The van der Waals surface area contributed by atoms with Crippen molar-refractivity contribution in [3.63, 3.8) is 0 Å². The molecule has 2 N–H and O–H groups in total. The molecular weight excluding hydrogens is 218 g/mol. The minimum atomic E-state index is 0.127. The van der Waals surface area contributed by atoms with Crippen molar-refractivity contribution in [3.8, 4) is 0 Å². The Labute approximate surface area is 101 Å². The number of hydrogen-bond acceptors (Lipinski definition) is 4. The summed E-state index contributed by atoms with van der Waals surface area (Å²) in [5, 5.41) is 7.48. The summed E-state index contributed by atoms with van der Waals surface area (Å²) in [6.07, 6.45) is 6.51. The van der Waals surface area contributed by atoms with Crippen LogP contribution in [0.25, 0.3) is 0 Å². The number of rotatable bonds is 4. The minimum Gasteiger partial charge on any atom is -0.341 e. The highest BCUT2D eigenvalue weighted by Crippen LogP contribution is 2.19. The van der Waals surface area contributed by atoms with Crippen LogP contribution in [0.15, 0.2) is 12.4 Å². The number of nitrogens with two attached hydrogens (primary N) is 1. The lowest BCUT2D eigenvalue weighted by Crippen LogP contribution is -2.40. The summed E-state index contributed by atoms with van der Waals surface area (Å²) in [6, 6.07) is 0. The molecule has 1 aliphatic rings. The second-order valence-corrected chi connectivity index (χ2v) is 4.50. The van der Waals surface area contributed by atoms with Crippen molar-refractivity contribution in [1.82, 2.24) is 19.9 Å². The molecule has 1 aromatic rings. The van der Waals surface area contributed by atoms with Gasteiger partial charge in [-0.05, 0) is 31.7 Å². The van der Waals surface area contributed by atoms with E-state index in [1.54, 1.807) is 17.1 Å². The number of likely N-dealkylation sites (tertiary alicyclic amines) is 1. The number of amides is 1. The molecule has 1 fully saturated rings. The average molecular weight is 237 g/mol. The van der Waals surface area contributed by atoms with E-state index in [1.165, 1.54) is 0 Å². The van der Waals surface area contributed by atoms with Crippen molar-refractivity contribution in [2.24, 2.45) is 11.7 Å². The SMILES string of the molecule is NCCC1CCN(C(=O)Cn2ccnn2)CC1. The second-order valence-electron chi connectivity index (χ2n) is 4.50. The Hall–Kier alpha value is -1.43. The van der Waals surface area contributed by atoms with Gasteiger partial charge in [0.25, 0.3) is 0 Å². The van der Waals surface area contributed by atoms with Crippen molar-refractivity contribution >= 4 is 5.91 Å². The molecule has 0 saturated carbocycles. The third-order valence-corrected chi connectivity index (χ3v) is 3.31. The topological polar surface area (TPSA) is 77.0 Å². The standard InChI is InChI=1S/C11H19N5O/c12-4-1-10-2-6-15(7-3-10)11(17)9-16-8-5-13-14-16/h5,8,10H,1-4,6-7,9,12H2. The minimum absolute atomic E-state index is 0.127. The predicted octanol–water partition coefficient (Wildman–Crippen LogP) is -0.135. The number of carbonyl (C=O) groups excluding carboxylic acids is 1. The van der Waals surface area contributed by atoms with Gasteiger partial charge in [-0.25, -0.2) is 4.68 Å². The molecule has 0 aromatic carbocycles. The van der Waals surface area contributed by atoms with Crippen LogP contribution in [-0.4, -0.2) is 45.4 Å². The van der Waals surface area contributed by atoms with Crippen molar-refractivity contribution < 1.29 is 4.79 Å². The van der Waals surface area contributed by atoms with E-state index in [9.17, 15) is 4.79 Å². The van der Waals surface area contributed by atoms with Gasteiger partial charge >= 0.3 is 0 Å². The van der Waals surface area contributed by atoms with Crippen LogP contribution in [-0.2, 0) is 11.3 Å². The first-order chi connectivity index (χ1) is 8.29. The van der Waals surface area contributed by atoms with Gasteiger partial charge in [-0.3, -0.25) is 4.79 Å². The van der Waals surface area contributed by atoms with Gasteiger partial charge in [-0.1, -0.05) is 5.21 Å². The molecule has 0 unspecified atom stereocenters. The fraction of sp³-hybridized carbons (Fsp3) is 0.727. The zero-order chi connectivity index (χ0) is 12.1. The van der Waals surface area contributed by atoms with Crippen LogP contribution in [0.1, 0.15) is 19.3 Å². The Bertz CT molecular complexity index is 343. The molecule has 6 heteroatoms. The molecule has 0 bridgehead atoms. The lowest BCUT2D eigenvalue weighted by molar-refractivity contribution is -0.133. The summed E-state index contributed by atoms with van der Waals surface area (Å²) in [5.41, 5.74) is 5.55. The van der Waals surface area contributed by atoms with Gasteiger partial charge < -0.3 is 10.6 Å². The summed E-state index contributed by atoms with van der Waals surface area (Å²) in [4.78, 5) is 13.9. The monoisotopic (exact) mass is 237 g/mol. The first kappa shape index (κ1) is 12.0. The first-order valence-electron chi connectivity index (χ1n) is 6.11. The van der Waals surface area contributed by atoms with Crippen molar-refractivity contribution in [2.75, 3.05) is 19.6 Å². The van der Waals surface area contributed by atoms with Crippen LogP contribution in [0.2, 0.25) is 0 Å². The Kier molecular flexibility index (Phi) is 4.08. The van der Waals surface area contributed by atoms with Gasteiger partial charge in [0.05, 0.1) is 6.20 Å². The van der Waals surface area contributed by atoms with Crippen molar-refractivity contribution in [3.05, 3.63) is 12.4 Å². The predicted molar refractivity (Wildman–Crippen MR) is 63.0 cm³/mol. The van der Waals surface area contributed by atoms with E-state index in [0.29, 0.717) is 12.5 Å². The average Bonchev–Trinajstić information content (AvgIpc) is 2.83. The molecule has 2 heterocycles. The molecule has 94 valence electrons. The Balaban J connectivity index is 1.78. The molecule has 6 nitrogen and oxygen atoms in total. The van der Waals surface area contributed by atoms with Gasteiger partial charge in [0.15, 0.2) is 0 Å². The van der Waals surface area contributed by atoms with E-state index in [2.05, 4.69) is 10.3 Å². The van der Waals surface area contributed by atoms with E-state index < -0.39 is 0 Å². The first-order valence-corrected chi connectivity index (χ1v) is 6.11. The molecule has 17 heavy (non-hydrogen) atoms. The van der Waals surface area contributed by atoms with Gasteiger partial charge in [0.1, 0.15) is 6.54 Å². The summed E-state index contributed by atoms with van der Waals surface area (Å²) in [6.45, 7) is 2.73. The third kappa shape index (κ3) is 3.26. The lowest BCUT2D eigenvalue weighted by atomic mass is 9.93. The highest BCUT2D eigenvalue weighted by atomic mass is 16.2. The largest absolute Gasteiger partial charge is 0.341 e. The molecule has 1 amide bonds. The quantitative estimate of drug-likeness (QED) is 0.791. The van der Waals surface area contributed by atoms with Crippen LogP contribution < -0.4 is 5.73 Å². The Morgan fingerprint density at radius 2 is 2.18 bits per heavy atom. The molecule has 0 atom stereocenters. The van der Waals surface area contributed by atoms with Gasteiger partial charge in [-0.2, -0.15) is 0 Å². The molecular formula is C11H19N5O. The smallest absolute Gasteiger partial charge is 0.244 e. The number of carbonyl (C=O) groups is 1. The maximum Gasteiger partial charge on any atom is 0.244 e. The fourth-order valence-electron chi connectivity index (χ4n) is 2.26. The van der Waals surface area contributed by atoms with E-state index in [4.69, 9.17) is 5.73 Å². The second kappa shape index (κ2) is 5.77. The summed E-state index contributed by atoms with van der Waals surface area (Å²) in [5.74, 6) is 0.817. The normalized spacial score (nSPS) is 17.4. The highest BCUT2D eigenvalue weighted by molar-refractivity contribution is 5.75. The summed E-state index contributed by atoms with van der Waals surface area (Å²) in [7, 11) is 0. The number of piperidine rings is 1. The summed E-state index contributed by atoms with van der Waals surface area (Å²) < 4.78 is 1.56. The zero-order valence-corrected chi connectivity index (χ0v) is 9.96. The van der Waals surface area contributed by atoms with Crippen LogP contribution in [0.3, 0.4) is 0 Å². The molecule has 0 aliphatic carbocycles. The maximum absolute atomic E-state index is 11.9. The molecule has 2 rings (SSSR count). The molecule has 0 radical (unpaired) electrons. The molecule has 1 aliphatic heterocycles. The Morgan fingerprint density at radius 1 is 1.41 bits per heavy atom. The zero-order valence-electron chi connectivity index (χ0n) is 9.96. The summed E-state index contributed by atoms with van der Waals surface area (Å²) >= 11 is 0. The van der Waals surface area contributed by atoms with E-state index >= 15 is 0 Å². The van der Waals surface area contributed by atoms with Gasteiger partial charge in [0.2, 0.25) is 5.91 Å². The fourth-order valence-corrected chi connectivity index (χ4v) is 2.26. The molecule has 1 aromatic heterocycles. The van der Waals surface area contributed by atoms with E-state index in [1.807, 2.05) is 4.90 Å². The van der Waals surface area contributed by atoms with Crippen LogP contribution in [0, 0.1) is 5.92 Å². The lowest BCUT2D eigenvalue weighted by Gasteiger charge is -2.31. The van der Waals surface area contributed by atoms with Crippen LogP contribution in [0.5, 0.6) is 0 Å². The number of hydrogen-bond donors (Lipinski definition) is 1. The van der Waals surface area contributed by atoms with Crippen molar-refractivity contribution in [2.45, 2.75) is 25.8 Å². The Morgan fingerprint density at radius 3 is 2.76 bits per heavy atom. The maximum atomic E-state index is 11.9. The number of aromatic nitrogens is 3. The van der Waals surface area contributed by atoms with Gasteiger partial charge in [0, 0.05) is 19.3 Å². The van der Waals surface area contributed by atoms with E-state index in [-0.39, 0.29) is 5.91 Å². The third-order valence-electron chi connectivity index (χ3n) is 3.31. The van der Waals surface area contributed by atoms with Crippen LogP contribution in [0.4, 0.5) is 0 Å². The molecule has 1 saturated heterocycles. The van der Waals surface area contributed by atoms with Crippen molar-refractivity contribution in [1.29, 1.82) is 0 Å². The molecule has 0 spiro atoms. The van der Waals surface area contributed by atoms with E-state index in [0.717, 1.165) is 38.9 Å².